The molecule has 2 aromatic rings. The predicted molar refractivity (Wildman–Crippen MR) is 102 cm³/mol. The van der Waals surface area contributed by atoms with E-state index in [1.165, 1.54) is 25.7 Å². The average Bonchev–Trinajstić information content (AvgIpc) is 2.97. The Morgan fingerprint density at radius 1 is 1.04 bits per heavy atom. The Hall–Kier alpha value is -2.76. The molecule has 0 unspecified atom stereocenters. The number of amides is 1. The van der Waals surface area contributed by atoms with Crippen molar-refractivity contribution in [2.24, 2.45) is 0 Å². The van der Waals surface area contributed by atoms with Gasteiger partial charge >= 0.3 is 0 Å². The first kappa shape index (κ1) is 18.0. The van der Waals surface area contributed by atoms with Crippen molar-refractivity contribution in [1.29, 1.82) is 0 Å². The summed E-state index contributed by atoms with van der Waals surface area (Å²) in [6.07, 6.45) is 4.84. The molecule has 26 heavy (non-hydrogen) atoms. The quantitative estimate of drug-likeness (QED) is 0.885. The molecule has 3 rings (SSSR count). The number of hydrogen-bond donors (Lipinski definition) is 1. The maximum atomic E-state index is 12.7. The largest absolute Gasteiger partial charge is 0.497 e. The summed E-state index contributed by atoms with van der Waals surface area (Å²) in [5.74, 6) is 1.81. The molecule has 6 nitrogen and oxygen atoms in total. The maximum Gasteiger partial charge on any atom is 0.274 e. The number of methoxy groups -OCH3 is 2. The average molecular weight is 355 g/mol. The Bertz CT molecular complexity index is 756. The predicted octanol–water partition coefficient (Wildman–Crippen LogP) is 3.73. The lowest BCUT2D eigenvalue weighted by Crippen LogP contribution is -2.26. The third-order valence-corrected chi connectivity index (χ3v) is 4.55. The molecular weight excluding hydrogens is 330 g/mol. The van der Waals surface area contributed by atoms with Gasteiger partial charge in [0.15, 0.2) is 0 Å². The molecule has 1 aromatic heterocycles. The van der Waals surface area contributed by atoms with Crippen molar-refractivity contribution in [2.45, 2.75) is 25.7 Å². The normalized spacial score (nSPS) is 14.5. The van der Waals surface area contributed by atoms with Gasteiger partial charge in [0, 0.05) is 19.2 Å². The van der Waals surface area contributed by atoms with E-state index in [4.69, 9.17) is 9.47 Å². The smallest absolute Gasteiger partial charge is 0.274 e. The monoisotopic (exact) mass is 355 g/mol. The van der Waals surface area contributed by atoms with Gasteiger partial charge in [-0.05, 0) is 37.1 Å². The van der Waals surface area contributed by atoms with Crippen molar-refractivity contribution in [3.8, 4) is 11.5 Å². The number of anilines is 2. The molecule has 1 aromatic carbocycles. The van der Waals surface area contributed by atoms with Gasteiger partial charge in [-0.1, -0.05) is 18.9 Å². The van der Waals surface area contributed by atoms with Crippen LogP contribution in [0.25, 0.3) is 0 Å². The zero-order valence-corrected chi connectivity index (χ0v) is 15.3. The minimum atomic E-state index is -0.270. The van der Waals surface area contributed by atoms with Gasteiger partial charge in [0.1, 0.15) is 23.0 Å². The highest BCUT2D eigenvalue weighted by atomic mass is 16.5. The highest BCUT2D eigenvalue weighted by molar-refractivity contribution is 6.04. The maximum absolute atomic E-state index is 12.7. The molecule has 0 bridgehead atoms. The van der Waals surface area contributed by atoms with Crippen LogP contribution in [0.3, 0.4) is 0 Å². The van der Waals surface area contributed by atoms with Crippen molar-refractivity contribution >= 4 is 17.4 Å². The van der Waals surface area contributed by atoms with Crippen LogP contribution in [-0.4, -0.2) is 38.2 Å². The molecule has 1 amide bonds. The minimum Gasteiger partial charge on any atom is -0.497 e. The van der Waals surface area contributed by atoms with Crippen molar-refractivity contribution in [3.05, 3.63) is 42.1 Å². The molecule has 1 aliphatic heterocycles. The van der Waals surface area contributed by atoms with Crippen LogP contribution >= 0.6 is 0 Å². The number of nitrogens with zero attached hydrogens (tertiary/aromatic N) is 2. The molecular formula is C20H25N3O3. The van der Waals surface area contributed by atoms with Gasteiger partial charge in [0.2, 0.25) is 0 Å². The number of carbonyl (C=O) groups excluding carboxylic acids is 1. The van der Waals surface area contributed by atoms with Crippen LogP contribution in [0.5, 0.6) is 11.5 Å². The number of hydrogen-bond acceptors (Lipinski definition) is 5. The van der Waals surface area contributed by atoms with E-state index >= 15 is 0 Å². The van der Waals surface area contributed by atoms with Gasteiger partial charge in [-0.3, -0.25) is 4.79 Å². The van der Waals surface area contributed by atoms with Crippen molar-refractivity contribution < 1.29 is 14.3 Å². The number of rotatable bonds is 5. The molecule has 0 aliphatic carbocycles. The van der Waals surface area contributed by atoms with Crippen molar-refractivity contribution in [3.63, 3.8) is 0 Å². The second-order valence-corrected chi connectivity index (χ2v) is 6.30. The standard InChI is InChI=1S/C20H25N3O3/c1-25-15-10-11-18(26-2)17(14-15)22-20(24)16-8-7-9-19(21-16)23-12-5-3-4-6-13-23/h7-11,14H,3-6,12-13H2,1-2H3,(H,22,24). The highest BCUT2D eigenvalue weighted by Gasteiger charge is 2.15. The van der Waals surface area contributed by atoms with Crippen LogP contribution in [0.4, 0.5) is 11.5 Å². The summed E-state index contributed by atoms with van der Waals surface area (Å²) in [6, 6.07) is 10.8. The number of carbonyl (C=O) groups is 1. The van der Waals surface area contributed by atoms with Crippen LogP contribution in [0.2, 0.25) is 0 Å². The van der Waals surface area contributed by atoms with Gasteiger partial charge in [0.05, 0.1) is 19.9 Å². The summed E-state index contributed by atoms with van der Waals surface area (Å²) < 4.78 is 10.5. The molecule has 6 heteroatoms. The SMILES string of the molecule is COc1ccc(OC)c(NC(=O)c2cccc(N3CCCCCC3)n2)c1. The van der Waals surface area contributed by atoms with E-state index in [2.05, 4.69) is 15.2 Å². The Balaban J connectivity index is 1.79. The molecule has 0 spiro atoms. The van der Waals surface area contributed by atoms with Crippen molar-refractivity contribution in [2.75, 3.05) is 37.5 Å². The summed E-state index contributed by atoms with van der Waals surface area (Å²) in [6.45, 7) is 1.98. The molecule has 0 saturated carbocycles. The Kier molecular flexibility index (Phi) is 5.94. The van der Waals surface area contributed by atoms with Gasteiger partial charge in [-0.15, -0.1) is 0 Å². The summed E-state index contributed by atoms with van der Waals surface area (Å²) in [5, 5.41) is 2.87. The van der Waals surface area contributed by atoms with Gasteiger partial charge in [-0.2, -0.15) is 0 Å². The van der Waals surface area contributed by atoms with E-state index in [9.17, 15) is 4.79 Å². The van der Waals surface area contributed by atoms with Crippen LogP contribution in [0.15, 0.2) is 36.4 Å². The highest BCUT2D eigenvalue weighted by Crippen LogP contribution is 2.29. The molecule has 2 heterocycles. The summed E-state index contributed by atoms with van der Waals surface area (Å²) in [7, 11) is 3.15. The zero-order valence-electron chi connectivity index (χ0n) is 15.3. The summed E-state index contributed by atoms with van der Waals surface area (Å²) >= 11 is 0. The van der Waals surface area contributed by atoms with E-state index < -0.39 is 0 Å². The lowest BCUT2D eigenvalue weighted by Gasteiger charge is -2.21. The lowest BCUT2D eigenvalue weighted by atomic mass is 10.2. The van der Waals surface area contributed by atoms with Crippen molar-refractivity contribution in [1.82, 2.24) is 4.98 Å². The summed E-state index contributed by atoms with van der Waals surface area (Å²) in [5.41, 5.74) is 0.940. The van der Waals surface area contributed by atoms with Gasteiger partial charge in [0.25, 0.3) is 5.91 Å². The first-order valence-corrected chi connectivity index (χ1v) is 8.96. The minimum absolute atomic E-state index is 0.270. The van der Waals surface area contributed by atoms with Gasteiger partial charge in [-0.25, -0.2) is 4.98 Å². The Labute approximate surface area is 154 Å². The van der Waals surface area contributed by atoms with E-state index in [0.29, 0.717) is 22.9 Å². The molecule has 0 radical (unpaired) electrons. The van der Waals surface area contributed by atoms with E-state index in [1.807, 2.05) is 12.1 Å². The Morgan fingerprint density at radius 3 is 2.50 bits per heavy atom. The first-order chi connectivity index (χ1) is 12.7. The third-order valence-electron chi connectivity index (χ3n) is 4.55. The topological polar surface area (TPSA) is 63.7 Å². The molecule has 138 valence electrons. The van der Waals surface area contributed by atoms with Gasteiger partial charge < -0.3 is 19.7 Å². The number of pyridine rings is 1. The number of benzene rings is 1. The fraction of sp³-hybridized carbons (Fsp3) is 0.400. The zero-order chi connectivity index (χ0) is 18.4. The molecule has 1 fully saturated rings. The second kappa shape index (κ2) is 8.56. The van der Waals surface area contributed by atoms with E-state index in [1.54, 1.807) is 38.5 Å². The van der Waals surface area contributed by atoms with Crippen LogP contribution < -0.4 is 19.7 Å². The number of nitrogens with one attached hydrogen (secondary N) is 1. The van der Waals surface area contributed by atoms with E-state index in [-0.39, 0.29) is 5.91 Å². The van der Waals surface area contributed by atoms with Crippen LogP contribution in [-0.2, 0) is 0 Å². The van der Waals surface area contributed by atoms with E-state index in [0.717, 1.165) is 18.9 Å². The number of aromatic nitrogens is 1. The lowest BCUT2D eigenvalue weighted by molar-refractivity contribution is 0.102. The molecule has 1 aliphatic rings. The molecule has 1 saturated heterocycles. The molecule has 1 N–H and O–H groups in total. The van der Waals surface area contributed by atoms with Crippen LogP contribution in [0.1, 0.15) is 36.2 Å². The molecule has 0 atom stereocenters. The first-order valence-electron chi connectivity index (χ1n) is 8.96. The third kappa shape index (κ3) is 4.25. The fourth-order valence-corrected chi connectivity index (χ4v) is 3.12. The van der Waals surface area contributed by atoms with Crippen LogP contribution in [0, 0.1) is 0 Å². The number of ether oxygens (including phenoxy) is 2. The fourth-order valence-electron chi connectivity index (χ4n) is 3.12. The summed E-state index contributed by atoms with van der Waals surface area (Å²) in [4.78, 5) is 19.5. The second-order valence-electron chi connectivity index (χ2n) is 6.30. The Morgan fingerprint density at radius 2 is 1.81 bits per heavy atom.